The molecule has 1 N–H and O–H groups in total. The fourth-order valence-corrected chi connectivity index (χ4v) is 5.59. The Morgan fingerprint density at radius 3 is 2.45 bits per heavy atom. The standard InChI is InChI=1S/C30H48O/c1-7-11-30(23(4)18-19-31)29-17-16-28(25(6)26(8-2)21-29)20-24(5)27-13-10-9-12-22(3)14-15-27/h9,12,14-17,23-26,30-31H,7-8,10-11,13,18-21H2,1-6H3. The van der Waals surface area contributed by atoms with Crippen LogP contribution in [0.2, 0.25) is 0 Å². The first-order valence-corrected chi connectivity index (χ1v) is 12.9. The second-order valence-electron chi connectivity index (χ2n) is 10.2. The monoisotopic (exact) mass is 424 g/mol. The van der Waals surface area contributed by atoms with E-state index in [-0.39, 0.29) is 0 Å². The molecule has 2 aliphatic carbocycles. The van der Waals surface area contributed by atoms with Gasteiger partial charge in [-0.05, 0) is 75.0 Å². The molecule has 0 heterocycles. The Bertz CT molecular complexity index is 702. The highest BCUT2D eigenvalue weighted by Gasteiger charge is 2.28. The summed E-state index contributed by atoms with van der Waals surface area (Å²) in [5.74, 6) is 3.13. The smallest absolute Gasteiger partial charge is 0.0433 e. The van der Waals surface area contributed by atoms with Crippen molar-refractivity contribution in [2.45, 2.75) is 92.9 Å². The molecule has 0 fully saturated rings. The molecule has 31 heavy (non-hydrogen) atoms. The van der Waals surface area contributed by atoms with Crippen LogP contribution in [0.1, 0.15) is 92.9 Å². The Balaban J connectivity index is 2.26. The maximum Gasteiger partial charge on any atom is 0.0433 e. The minimum Gasteiger partial charge on any atom is -0.396 e. The molecule has 0 aliphatic heterocycles. The van der Waals surface area contributed by atoms with Crippen LogP contribution < -0.4 is 0 Å². The van der Waals surface area contributed by atoms with Crippen LogP contribution >= 0.6 is 0 Å². The van der Waals surface area contributed by atoms with Gasteiger partial charge in [-0.25, -0.2) is 0 Å². The average Bonchev–Trinajstić information content (AvgIpc) is 2.88. The van der Waals surface area contributed by atoms with Gasteiger partial charge in [0.25, 0.3) is 0 Å². The van der Waals surface area contributed by atoms with Crippen LogP contribution in [0.4, 0.5) is 0 Å². The maximum atomic E-state index is 9.52. The third-order valence-corrected chi connectivity index (χ3v) is 7.89. The Morgan fingerprint density at radius 2 is 1.77 bits per heavy atom. The summed E-state index contributed by atoms with van der Waals surface area (Å²) in [5, 5.41) is 9.52. The molecule has 0 aromatic carbocycles. The first-order valence-electron chi connectivity index (χ1n) is 12.9. The predicted molar refractivity (Wildman–Crippen MR) is 137 cm³/mol. The lowest BCUT2D eigenvalue weighted by molar-refractivity contribution is 0.231. The zero-order valence-electron chi connectivity index (χ0n) is 21.2. The van der Waals surface area contributed by atoms with Crippen molar-refractivity contribution in [1.82, 2.24) is 0 Å². The van der Waals surface area contributed by atoms with Gasteiger partial charge in [-0.2, -0.15) is 0 Å². The van der Waals surface area contributed by atoms with E-state index in [4.69, 9.17) is 0 Å². The molecule has 0 bridgehead atoms. The number of aliphatic hydroxyl groups excluding tert-OH is 1. The predicted octanol–water partition coefficient (Wildman–Crippen LogP) is 8.59. The largest absolute Gasteiger partial charge is 0.396 e. The summed E-state index contributed by atoms with van der Waals surface area (Å²) >= 11 is 0. The lowest BCUT2D eigenvalue weighted by Gasteiger charge is -2.30. The summed E-state index contributed by atoms with van der Waals surface area (Å²) < 4.78 is 0. The minimum atomic E-state index is 0.305. The third-order valence-electron chi connectivity index (χ3n) is 7.89. The fourth-order valence-electron chi connectivity index (χ4n) is 5.59. The first-order chi connectivity index (χ1) is 14.9. The van der Waals surface area contributed by atoms with E-state index < -0.39 is 0 Å². The maximum absolute atomic E-state index is 9.52. The number of rotatable bonds is 10. The zero-order valence-corrected chi connectivity index (χ0v) is 21.2. The Labute approximate surface area is 193 Å². The molecule has 0 spiro atoms. The molecule has 0 saturated heterocycles. The summed E-state index contributed by atoms with van der Waals surface area (Å²) in [5.41, 5.74) is 6.22. The molecule has 174 valence electrons. The van der Waals surface area contributed by atoms with Crippen molar-refractivity contribution in [2.24, 2.45) is 29.6 Å². The fraction of sp³-hybridized carbons (Fsp3) is 0.667. The van der Waals surface area contributed by atoms with Gasteiger partial charge in [0.05, 0.1) is 0 Å². The molecular weight excluding hydrogens is 376 g/mol. The van der Waals surface area contributed by atoms with Crippen molar-refractivity contribution in [3.05, 3.63) is 58.7 Å². The molecule has 2 rings (SSSR count). The second-order valence-corrected chi connectivity index (χ2v) is 10.2. The van der Waals surface area contributed by atoms with E-state index in [9.17, 15) is 5.11 Å². The van der Waals surface area contributed by atoms with Crippen molar-refractivity contribution < 1.29 is 5.11 Å². The number of allylic oxidation sites excluding steroid dienone is 10. The molecule has 0 saturated carbocycles. The van der Waals surface area contributed by atoms with Gasteiger partial charge >= 0.3 is 0 Å². The van der Waals surface area contributed by atoms with Gasteiger partial charge in [-0.15, -0.1) is 0 Å². The van der Waals surface area contributed by atoms with Gasteiger partial charge in [0.15, 0.2) is 0 Å². The van der Waals surface area contributed by atoms with Gasteiger partial charge in [-0.3, -0.25) is 0 Å². The molecule has 0 aromatic rings. The highest BCUT2D eigenvalue weighted by molar-refractivity contribution is 5.30. The van der Waals surface area contributed by atoms with Crippen molar-refractivity contribution >= 4 is 0 Å². The van der Waals surface area contributed by atoms with E-state index in [0.717, 1.165) is 18.8 Å². The van der Waals surface area contributed by atoms with E-state index in [0.29, 0.717) is 30.3 Å². The molecule has 1 heteroatoms. The zero-order chi connectivity index (χ0) is 22.8. The highest BCUT2D eigenvalue weighted by atomic mass is 16.3. The quantitative estimate of drug-likeness (QED) is 0.372. The average molecular weight is 425 g/mol. The van der Waals surface area contributed by atoms with E-state index in [1.807, 2.05) is 0 Å². The summed E-state index contributed by atoms with van der Waals surface area (Å²) in [6, 6.07) is 0. The molecule has 5 unspecified atom stereocenters. The van der Waals surface area contributed by atoms with Crippen molar-refractivity contribution in [2.75, 3.05) is 6.61 Å². The van der Waals surface area contributed by atoms with Crippen LogP contribution in [0.25, 0.3) is 0 Å². The van der Waals surface area contributed by atoms with Crippen LogP contribution in [-0.4, -0.2) is 11.7 Å². The number of aliphatic hydroxyl groups is 1. The van der Waals surface area contributed by atoms with Crippen LogP contribution in [0.15, 0.2) is 58.7 Å². The minimum absolute atomic E-state index is 0.305. The van der Waals surface area contributed by atoms with E-state index >= 15 is 0 Å². The molecule has 5 atom stereocenters. The Kier molecular flexibility index (Phi) is 11.1. The Hall–Kier alpha value is -1.34. The van der Waals surface area contributed by atoms with E-state index in [1.165, 1.54) is 44.1 Å². The molecule has 0 amide bonds. The number of hydrogen-bond acceptors (Lipinski definition) is 1. The molecule has 1 nitrogen and oxygen atoms in total. The lowest BCUT2D eigenvalue weighted by Crippen LogP contribution is -2.20. The highest BCUT2D eigenvalue weighted by Crippen LogP contribution is 2.41. The molecule has 0 radical (unpaired) electrons. The Morgan fingerprint density at radius 1 is 1.03 bits per heavy atom. The normalized spacial score (nSPS) is 25.3. The van der Waals surface area contributed by atoms with Crippen molar-refractivity contribution in [1.29, 1.82) is 0 Å². The lowest BCUT2D eigenvalue weighted by atomic mass is 9.75. The van der Waals surface area contributed by atoms with Gasteiger partial charge in [0.2, 0.25) is 0 Å². The van der Waals surface area contributed by atoms with Gasteiger partial charge in [0, 0.05) is 6.61 Å². The first kappa shape index (κ1) is 25.9. The molecule has 0 aromatic heterocycles. The summed E-state index contributed by atoms with van der Waals surface area (Å²) in [4.78, 5) is 0. The van der Waals surface area contributed by atoms with Crippen LogP contribution in [0.5, 0.6) is 0 Å². The summed E-state index contributed by atoms with van der Waals surface area (Å²) in [7, 11) is 0. The van der Waals surface area contributed by atoms with Gasteiger partial charge in [0.1, 0.15) is 0 Å². The van der Waals surface area contributed by atoms with Crippen molar-refractivity contribution in [3.63, 3.8) is 0 Å². The third kappa shape index (κ3) is 7.63. The summed E-state index contributed by atoms with van der Waals surface area (Å²) in [6.45, 7) is 14.4. The van der Waals surface area contributed by atoms with E-state index in [2.05, 4.69) is 78.0 Å². The van der Waals surface area contributed by atoms with Crippen molar-refractivity contribution in [3.8, 4) is 0 Å². The topological polar surface area (TPSA) is 20.2 Å². The summed E-state index contributed by atoms with van der Waals surface area (Å²) in [6.07, 6.45) is 23.6. The van der Waals surface area contributed by atoms with Crippen LogP contribution in [0, 0.1) is 29.6 Å². The van der Waals surface area contributed by atoms with Crippen LogP contribution in [-0.2, 0) is 0 Å². The van der Waals surface area contributed by atoms with E-state index in [1.54, 1.807) is 16.7 Å². The SMILES string of the molecule is CCCC(C1=CC=C(CC(C)C2=CC=C(C)C=CCC2)C(C)C(CC)C1)C(C)CCO. The number of hydrogen-bond donors (Lipinski definition) is 1. The molecule has 2 aliphatic rings. The molecular formula is C30H48O. The van der Waals surface area contributed by atoms with Gasteiger partial charge in [-0.1, -0.05) is 106 Å². The second kappa shape index (κ2) is 13.3. The van der Waals surface area contributed by atoms with Gasteiger partial charge < -0.3 is 5.11 Å². The van der Waals surface area contributed by atoms with Crippen LogP contribution in [0.3, 0.4) is 0 Å².